The van der Waals surface area contributed by atoms with Crippen LogP contribution in [0.5, 0.6) is 5.75 Å². The standard InChI is InChI=1S/C21H24ClN3O3/c1-28-17-8-6-16(7-9-17)24-12-14-25(15-13-24)20(26)10-11-23-21(27)18-4-2-3-5-19(18)22/h2-9H,10-15H2,1H3,(H,23,27). The van der Waals surface area contributed by atoms with Crippen molar-refractivity contribution in [2.75, 3.05) is 44.7 Å². The number of piperazine rings is 1. The van der Waals surface area contributed by atoms with Crippen LogP contribution in [0.4, 0.5) is 5.69 Å². The van der Waals surface area contributed by atoms with Crippen molar-refractivity contribution < 1.29 is 14.3 Å². The molecule has 0 radical (unpaired) electrons. The van der Waals surface area contributed by atoms with Gasteiger partial charge in [0.1, 0.15) is 5.75 Å². The predicted molar refractivity (Wildman–Crippen MR) is 110 cm³/mol. The molecule has 0 aliphatic carbocycles. The highest BCUT2D eigenvalue weighted by molar-refractivity contribution is 6.33. The van der Waals surface area contributed by atoms with Crippen LogP contribution in [-0.4, -0.2) is 56.5 Å². The first-order valence-electron chi connectivity index (χ1n) is 9.28. The van der Waals surface area contributed by atoms with Crippen molar-refractivity contribution in [3.8, 4) is 5.75 Å². The van der Waals surface area contributed by atoms with Gasteiger partial charge in [0.25, 0.3) is 5.91 Å². The molecule has 0 bridgehead atoms. The molecule has 7 heteroatoms. The molecular formula is C21H24ClN3O3. The van der Waals surface area contributed by atoms with E-state index < -0.39 is 0 Å². The minimum absolute atomic E-state index is 0.0499. The number of halogens is 1. The number of benzene rings is 2. The molecule has 2 aromatic carbocycles. The number of nitrogens with zero attached hydrogens (tertiary/aromatic N) is 2. The van der Waals surface area contributed by atoms with Gasteiger partial charge in [0.15, 0.2) is 0 Å². The maximum Gasteiger partial charge on any atom is 0.252 e. The predicted octanol–water partition coefficient (Wildman–Crippen LogP) is 2.82. The molecule has 3 rings (SSSR count). The number of amides is 2. The summed E-state index contributed by atoms with van der Waals surface area (Å²) in [5.74, 6) is 0.618. The van der Waals surface area contributed by atoms with Gasteiger partial charge in [0, 0.05) is 44.8 Å². The molecule has 0 spiro atoms. The summed E-state index contributed by atoms with van der Waals surface area (Å²) in [4.78, 5) is 28.7. The number of carbonyl (C=O) groups excluding carboxylic acids is 2. The summed E-state index contributed by atoms with van der Waals surface area (Å²) in [7, 11) is 1.65. The summed E-state index contributed by atoms with van der Waals surface area (Å²) in [6.45, 7) is 3.20. The van der Waals surface area contributed by atoms with Crippen LogP contribution in [0.15, 0.2) is 48.5 Å². The molecule has 28 heavy (non-hydrogen) atoms. The van der Waals surface area contributed by atoms with Gasteiger partial charge in [-0.05, 0) is 36.4 Å². The second-order valence-electron chi connectivity index (χ2n) is 6.55. The summed E-state index contributed by atoms with van der Waals surface area (Å²) >= 11 is 6.02. The third kappa shape index (κ3) is 4.95. The van der Waals surface area contributed by atoms with Gasteiger partial charge in [0.2, 0.25) is 5.91 Å². The average molecular weight is 402 g/mol. The first kappa shape index (κ1) is 20.0. The monoisotopic (exact) mass is 401 g/mol. The smallest absolute Gasteiger partial charge is 0.252 e. The first-order chi connectivity index (χ1) is 13.6. The summed E-state index contributed by atoms with van der Waals surface area (Å²) < 4.78 is 5.19. The van der Waals surface area contributed by atoms with E-state index in [1.165, 1.54) is 0 Å². The summed E-state index contributed by atoms with van der Waals surface area (Å²) in [5.41, 5.74) is 1.55. The lowest BCUT2D eigenvalue weighted by Crippen LogP contribution is -2.49. The quantitative estimate of drug-likeness (QED) is 0.808. The van der Waals surface area contributed by atoms with Crippen LogP contribution in [0.25, 0.3) is 0 Å². The van der Waals surface area contributed by atoms with E-state index in [4.69, 9.17) is 16.3 Å². The van der Waals surface area contributed by atoms with E-state index in [0.29, 0.717) is 30.2 Å². The second-order valence-corrected chi connectivity index (χ2v) is 6.96. The minimum Gasteiger partial charge on any atom is -0.497 e. The largest absolute Gasteiger partial charge is 0.497 e. The van der Waals surface area contributed by atoms with Crippen molar-refractivity contribution in [1.29, 1.82) is 0 Å². The van der Waals surface area contributed by atoms with Crippen LogP contribution in [0.3, 0.4) is 0 Å². The Morgan fingerprint density at radius 1 is 1.04 bits per heavy atom. The van der Waals surface area contributed by atoms with Gasteiger partial charge in [-0.15, -0.1) is 0 Å². The molecular weight excluding hydrogens is 378 g/mol. The van der Waals surface area contributed by atoms with Crippen molar-refractivity contribution in [2.45, 2.75) is 6.42 Å². The molecule has 6 nitrogen and oxygen atoms in total. The van der Waals surface area contributed by atoms with Crippen LogP contribution < -0.4 is 15.0 Å². The number of nitrogens with one attached hydrogen (secondary N) is 1. The Kier molecular flexibility index (Phi) is 6.76. The van der Waals surface area contributed by atoms with Crippen LogP contribution in [0.1, 0.15) is 16.8 Å². The minimum atomic E-state index is -0.261. The molecule has 0 aromatic heterocycles. The molecule has 2 aromatic rings. The van der Waals surface area contributed by atoms with E-state index in [-0.39, 0.29) is 18.2 Å². The Morgan fingerprint density at radius 3 is 2.36 bits per heavy atom. The SMILES string of the molecule is COc1ccc(N2CCN(C(=O)CCNC(=O)c3ccccc3Cl)CC2)cc1. The molecule has 1 heterocycles. The Morgan fingerprint density at radius 2 is 1.71 bits per heavy atom. The molecule has 148 valence electrons. The maximum absolute atomic E-state index is 12.4. The Bertz CT molecular complexity index is 818. The Labute approximate surface area is 170 Å². The zero-order chi connectivity index (χ0) is 19.9. The topological polar surface area (TPSA) is 61.9 Å². The van der Waals surface area contributed by atoms with Crippen LogP contribution in [-0.2, 0) is 4.79 Å². The summed E-state index contributed by atoms with van der Waals surface area (Å²) in [5, 5.41) is 3.17. The fourth-order valence-corrected chi connectivity index (χ4v) is 3.41. The van der Waals surface area contributed by atoms with Crippen molar-refractivity contribution in [2.24, 2.45) is 0 Å². The van der Waals surface area contributed by atoms with Gasteiger partial charge in [-0.2, -0.15) is 0 Å². The molecule has 0 unspecified atom stereocenters. The van der Waals surface area contributed by atoms with E-state index in [1.807, 2.05) is 29.2 Å². The lowest BCUT2D eigenvalue weighted by Gasteiger charge is -2.36. The molecule has 1 saturated heterocycles. The van der Waals surface area contributed by atoms with Gasteiger partial charge in [0.05, 0.1) is 17.7 Å². The zero-order valence-electron chi connectivity index (χ0n) is 15.9. The highest BCUT2D eigenvalue weighted by Gasteiger charge is 2.21. The Hall–Kier alpha value is -2.73. The highest BCUT2D eigenvalue weighted by Crippen LogP contribution is 2.20. The van der Waals surface area contributed by atoms with Gasteiger partial charge in [-0.1, -0.05) is 23.7 Å². The number of carbonyl (C=O) groups is 2. The van der Waals surface area contributed by atoms with Crippen molar-refractivity contribution in [3.63, 3.8) is 0 Å². The molecule has 1 aliphatic rings. The molecule has 1 fully saturated rings. The maximum atomic E-state index is 12.4. The summed E-state index contributed by atoms with van der Waals surface area (Å²) in [6, 6.07) is 14.8. The van der Waals surface area contributed by atoms with Crippen LogP contribution in [0.2, 0.25) is 5.02 Å². The number of hydrogen-bond donors (Lipinski definition) is 1. The fraction of sp³-hybridized carbons (Fsp3) is 0.333. The average Bonchev–Trinajstić information content (AvgIpc) is 2.74. The van der Waals surface area contributed by atoms with Crippen molar-refractivity contribution in [1.82, 2.24) is 10.2 Å². The molecule has 0 atom stereocenters. The van der Waals surface area contributed by atoms with E-state index in [9.17, 15) is 9.59 Å². The number of rotatable bonds is 6. The van der Waals surface area contributed by atoms with Gasteiger partial charge in [-0.3, -0.25) is 9.59 Å². The van der Waals surface area contributed by atoms with Gasteiger partial charge in [-0.25, -0.2) is 0 Å². The number of ether oxygens (including phenoxy) is 1. The fourth-order valence-electron chi connectivity index (χ4n) is 3.19. The Balaban J connectivity index is 1.42. The summed E-state index contributed by atoms with van der Waals surface area (Å²) in [6.07, 6.45) is 0.277. The lowest BCUT2D eigenvalue weighted by atomic mass is 10.2. The first-order valence-corrected chi connectivity index (χ1v) is 9.66. The van der Waals surface area contributed by atoms with Gasteiger partial charge >= 0.3 is 0 Å². The second kappa shape index (κ2) is 9.46. The van der Waals surface area contributed by atoms with Crippen LogP contribution >= 0.6 is 11.6 Å². The third-order valence-corrected chi connectivity index (χ3v) is 5.14. The molecule has 0 saturated carbocycles. The third-order valence-electron chi connectivity index (χ3n) is 4.81. The van der Waals surface area contributed by atoms with E-state index >= 15 is 0 Å². The van der Waals surface area contributed by atoms with Crippen molar-refractivity contribution >= 4 is 29.1 Å². The van der Waals surface area contributed by atoms with Gasteiger partial charge < -0.3 is 19.9 Å². The van der Waals surface area contributed by atoms with E-state index in [1.54, 1.807) is 31.4 Å². The number of hydrogen-bond acceptors (Lipinski definition) is 4. The van der Waals surface area contributed by atoms with Crippen molar-refractivity contribution in [3.05, 3.63) is 59.1 Å². The van der Waals surface area contributed by atoms with Crippen LogP contribution in [0, 0.1) is 0 Å². The van der Waals surface area contributed by atoms with E-state index in [0.717, 1.165) is 24.5 Å². The van der Waals surface area contributed by atoms with E-state index in [2.05, 4.69) is 10.2 Å². The lowest BCUT2D eigenvalue weighted by molar-refractivity contribution is -0.131. The number of anilines is 1. The highest BCUT2D eigenvalue weighted by atomic mass is 35.5. The molecule has 2 amide bonds. The molecule has 1 N–H and O–H groups in total. The number of methoxy groups -OCH3 is 1. The molecule has 1 aliphatic heterocycles. The zero-order valence-corrected chi connectivity index (χ0v) is 16.6. The normalized spacial score (nSPS) is 13.9.